The van der Waals surface area contributed by atoms with Crippen molar-refractivity contribution in [2.24, 2.45) is 0 Å². The van der Waals surface area contributed by atoms with Gasteiger partial charge in [0, 0.05) is 30.6 Å². The summed E-state index contributed by atoms with van der Waals surface area (Å²) in [4.78, 5) is 6.85. The fraction of sp³-hybridized carbons (Fsp3) is 0.316. The fourth-order valence-electron chi connectivity index (χ4n) is 3.35. The second-order valence-corrected chi connectivity index (χ2v) is 6.20. The van der Waals surface area contributed by atoms with Crippen LogP contribution in [0.1, 0.15) is 23.8 Å². The number of nitrogens with zero attached hydrogens (tertiary/aromatic N) is 2. The Morgan fingerprint density at radius 3 is 3.04 bits per heavy atom. The summed E-state index contributed by atoms with van der Waals surface area (Å²) in [7, 11) is 1.70. The van der Waals surface area contributed by atoms with Gasteiger partial charge in [0.15, 0.2) is 11.5 Å². The lowest BCUT2D eigenvalue weighted by atomic mass is 10.1. The highest BCUT2D eigenvalue weighted by Gasteiger charge is 2.28. The van der Waals surface area contributed by atoms with Crippen LogP contribution in [0.4, 0.5) is 4.39 Å². The Balaban J connectivity index is 1.49. The van der Waals surface area contributed by atoms with Crippen LogP contribution in [0.5, 0.6) is 5.75 Å². The van der Waals surface area contributed by atoms with Crippen molar-refractivity contribution in [3.8, 4) is 5.75 Å². The van der Waals surface area contributed by atoms with E-state index in [-0.39, 0.29) is 11.7 Å². The number of para-hydroxylation sites is 1. The highest BCUT2D eigenvalue weighted by molar-refractivity contribution is 5.72. The first-order valence-corrected chi connectivity index (χ1v) is 8.13. The number of oxazole rings is 1. The Kier molecular flexibility index (Phi) is 3.94. The van der Waals surface area contributed by atoms with Crippen LogP contribution in [0.2, 0.25) is 0 Å². The van der Waals surface area contributed by atoms with Crippen LogP contribution in [-0.2, 0) is 6.54 Å². The van der Waals surface area contributed by atoms with Crippen molar-refractivity contribution in [3.63, 3.8) is 0 Å². The molecular formula is C19H19FN2O2. The first kappa shape index (κ1) is 15.1. The number of fused-ring (bicyclic) bond motifs is 1. The summed E-state index contributed by atoms with van der Waals surface area (Å²) in [6, 6.07) is 12.5. The Morgan fingerprint density at radius 1 is 1.29 bits per heavy atom. The summed E-state index contributed by atoms with van der Waals surface area (Å²) in [5.41, 5.74) is 2.42. The molecule has 1 saturated heterocycles. The van der Waals surface area contributed by atoms with E-state index in [4.69, 9.17) is 9.15 Å². The van der Waals surface area contributed by atoms with E-state index in [0.29, 0.717) is 17.0 Å². The number of hydrogen-bond donors (Lipinski definition) is 0. The molecule has 4 nitrogen and oxygen atoms in total. The predicted molar refractivity (Wildman–Crippen MR) is 89.6 cm³/mol. The van der Waals surface area contributed by atoms with Crippen molar-refractivity contribution in [2.75, 3.05) is 20.2 Å². The van der Waals surface area contributed by atoms with E-state index in [9.17, 15) is 4.39 Å². The second-order valence-electron chi connectivity index (χ2n) is 6.20. The maximum atomic E-state index is 13.3. The summed E-state index contributed by atoms with van der Waals surface area (Å²) in [6.07, 6.45) is 0.991. The van der Waals surface area contributed by atoms with Crippen LogP contribution in [0, 0.1) is 5.82 Å². The fourth-order valence-corrected chi connectivity index (χ4v) is 3.35. The van der Waals surface area contributed by atoms with Gasteiger partial charge in [0.05, 0.1) is 7.11 Å². The lowest BCUT2D eigenvalue weighted by Crippen LogP contribution is -2.20. The van der Waals surface area contributed by atoms with E-state index in [1.165, 1.54) is 17.7 Å². The molecule has 124 valence electrons. The van der Waals surface area contributed by atoms with Gasteiger partial charge in [0.1, 0.15) is 17.1 Å². The first-order valence-electron chi connectivity index (χ1n) is 8.13. The average molecular weight is 326 g/mol. The van der Waals surface area contributed by atoms with E-state index < -0.39 is 0 Å². The number of aromatic nitrogens is 1. The Hall–Kier alpha value is -2.40. The maximum absolute atomic E-state index is 13.3. The minimum atomic E-state index is -0.286. The zero-order chi connectivity index (χ0) is 16.5. The molecule has 2 heterocycles. The molecule has 24 heavy (non-hydrogen) atoms. The molecule has 0 radical (unpaired) electrons. The third-order valence-electron chi connectivity index (χ3n) is 4.57. The van der Waals surface area contributed by atoms with Gasteiger partial charge in [-0.15, -0.1) is 0 Å². The number of rotatable bonds is 4. The normalized spacial score (nSPS) is 18.3. The molecule has 1 aromatic heterocycles. The van der Waals surface area contributed by atoms with Crippen molar-refractivity contribution < 1.29 is 13.5 Å². The molecule has 4 rings (SSSR count). The third kappa shape index (κ3) is 2.87. The standard InChI is InChI=1S/C19H19FN2O2/c1-23-17-5-3-2-4-13(17)11-22-9-8-14(12-22)19-21-16-10-15(20)6-7-18(16)24-19/h2-7,10,14H,8-9,11-12H2,1H3/t14-/m0/s1. The lowest BCUT2D eigenvalue weighted by Gasteiger charge is -2.17. The molecule has 1 aliphatic rings. The van der Waals surface area contributed by atoms with Crippen LogP contribution in [0.3, 0.4) is 0 Å². The molecule has 5 heteroatoms. The molecular weight excluding hydrogens is 307 g/mol. The lowest BCUT2D eigenvalue weighted by molar-refractivity contribution is 0.312. The largest absolute Gasteiger partial charge is 0.496 e. The molecule has 1 aliphatic heterocycles. The minimum absolute atomic E-state index is 0.246. The summed E-state index contributed by atoms with van der Waals surface area (Å²) in [6.45, 7) is 2.71. The number of likely N-dealkylation sites (tertiary alicyclic amines) is 1. The van der Waals surface area contributed by atoms with Gasteiger partial charge in [-0.05, 0) is 31.2 Å². The molecule has 2 aromatic carbocycles. The first-order chi connectivity index (χ1) is 11.7. The van der Waals surface area contributed by atoms with Crippen molar-refractivity contribution >= 4 is 11.1 Å². The quantitative estimate of drug-likeness (QED) is 0.727. The van der Waals surface area contributed by atoms with Crippen molar-refractivity contribution in [1.29, 1.82) is 0 Å². The van der Waals surface area contributed by atoms with Gasteiger partial charge in [-0.25, -0.2) is 9.37 Å². The monoisotopic (exact) mass is 326 g/mol. The average Bonchev–Trinajstić information content (AvgIpc) is 3.21. The van der Waals surface area contributed by atoms with Crippen LogP contribution in [0.15, 0.2) is 46.9 Å². The second kappa shape index (κ2) is 6.24. The molecule has 0 aliphatic carbocycles. The number of ether oxygens (including phenoxy) is 1. The van der Waals surface area contributed by atoms with Gasteiger partial charge in [0.25, 0.3) is 0 Å². The highest BCUT2D eigenvalue weighted by atomic mass is 19.1. The van der Waals surface area contributed by atoms with Crippen molar-refractivity contribution in [1.82, 2.24) is 9.88 Å². The van der Waals surface area contributed by atoms with E-state index in [0.717, 1.165) is 31.8 Å². The van der Waals surface area contributed by atoms with E-state index in [2.05, 4.69) is 16.0 Å². The van der Waals surface area contributed by atoms with E-state index in [1.807, 2.05) is 18.2 Å². The van der Waals surface area contributed by atoms with Crippen LogP contribution >= 0.6 is 0 Å². The molecule has 0 unspecified atom stereocenters. The molecule has 0 N–H and O–H groups in total. The Bertz CT molecular complexity index is 861. The topological polar surface area (TPSA) is 38.5 Å². The van der Waals surface area contributed by atoms with Gasteiger partial charge in [-0.2, -0.15) is 0 Å². The molecule has 1 atom stereocenters. The van der Waals surface area contributed by atoms with Gasteiger partial charge >= 0.3 is 0 Å². The molecule has 1 fully saturated rings. The third-order valence-corrected chi connectivity index (χ3v) is 4.57. The molecule has 0 amide bonds. The SMILES string of the molecule is COc1ccccc1CN1CC[C@H](c2nc3cc(F)ccc3o2)C1. The zero-order valence-electron chi connectivity index (χ0n) is 13.5. The molecule has 0 bridgehead atoms. The van der Waals surface area contributed by atoms with Crippen molar-refractivity contribution in [2.45, 2.75) is 18.9 Å². The van der Waals surface area contributed by atoms with Gasteiger partial charge < -0.3 is 9.15 Å². The maximum Gasteiger partial charge on any atom is 0.199 e. The summed E-state index contributed by atoms with van der Waals surface area (Å²) in [5, 5.41) is 0. The van der Waals surface area contributed by atoms with Gasteiger partial charge in [0.2, 0.25) is 0 Å². The number of halogens is 1. The van der Waals surface area contributed by atoms with Crippen LogP contribution in [-0.4, -0.2) is 30.1 Å². The summed E-state index contributed by atoms with van der Waals surface area (Å²) < 4.78 is 24.5. The van der Waals surface area contributed by atoms with Gasteiger partial charge in [-0.1, -0.05) is 18.2 Å². The minimum Gasteiger partial charge on any atom is -0.496 e. The van der Waals surface area contributed by atoms with E-state index in [1.54, 1.807) is 13.2 Å². The molecule has 0 saturated carbocycles. The smallest absolute Gasteiger partial charge is 0.199 e. The predicted octanol–water partition coefficient (Wildman–Crippen LogP) is 3.97. The zero-order valence-corrected chi connectivity index (χ0v) is 13.5. The van der Waals surface area contributed by atoms with Crippen LogP contribution < -0.4 is 4.74 Å². The number of benzene rings is 2. The van der Waals surface area contributed by atoms with Crippen LogP contribution in [0.25, 0.3) is 11.1 Å². The molecule has 0 spiro atoms. The number of methoxy groups -OCH3 is 1. The van der Waals surface area contributed by atoms with Gasteiger partial charge in [-0.3, -0.25) is 4.90 Å². The summed E-state index contributed by atoms with van der Waals surface area (Å²) in [5.74, 6) is 1.58. The Morgan fingerprint density at radius 2 is 2.17 bits per heavy atom. The van der Waals surface area contributed by atoms with E-state index >= 15 is 0 Å². The summed E-state index contributed by atoms with van der Waals surface area (Å²) >= 11 is 0. The number of hydrogen-bond acceptors (Lipinski definition) is 4. The highest BCUT2D eigenvalue weighted by Crippen LogP contribution is 2.31. The molecule has 3 aromatic rings. The van der Waals surface area contributed by atoms with Crippen molar-refractivity contribution in [3.05, 3.63) is 59.7 Å². The Labute approximate surface area is 139 Å².